The van der Waals surface area contributed by atoms with E-state index in [1.54, 1.807) is 25.4 Å². The van der Waals surface area contributed by atoms with Gasteiger partial charge >= 0.3 is 0 Å². The Bertz CT molecular complexity index is 829. The third-order valence-electron chi connectivity index (χ3n) is 3.94. The highest BCUT2D eigenvalue weighted by Gasteiger charge is 2.11. The smallest absolute Gasteiger partial charge is 0.166 e. The van der Waals surface area contributed by atoms with Gasteiger partial charge in [-0.1, -0.05) is 30.3 Å². The van der Waals surface area contributed by atoms with E-state index in [9.17, 15) is 4.39 Å². The lowest BCUT2D eigenvalue weighted by molar-refractivity contribution is 0.280. The fourth-order valence-electron chi connectivity index (χ4n) is 2.61. The van der Waals surface area contributed by atoms with Crippen molar-refractivity contribution in [3.05, 3.63) is 89.5 Å². The van der Waals surface area contributed by atoms with Gasteiger partial charge in [0.2, 0.25) is 0 Å². The zero-order valence-electron chi connectivity index (χ0n) is 15.0. The molecular weight excluding hydrogens is 367 g/mol. The van der Waals surface area contributed by atoms with Gasteiger partial charge in [0.1, 0.15) is 12.4 Å². The minimum Gasteiger partial charge on any atom is -0.493 e. The van der Waals surface area contributed by atoms with Crippen LogP contribution in [0, 0.1) is 5.82 Å². The third kappa shape index (κ3) is 5.94. The van der Waals surface area contributed by atoms with Gasteiger partial charge in [0, 0.05) is 31.0 Å². The number of para-hydroxylation sites is 1. The number of aromatic nitrogens is 1. The maximum Gasteiger partial charge on any atom is 0.166 e. The van der Waals surface area contributed by atoms with Crippen LogP contribution in [0.4, 0.5) is 4.39 Å². The molecule has 4 nitrogen and oxygen atoms in total. The van der Waals surface area contributed by atoms with Gasteiger partial charge < -0.3 is 14.8 Å². The van der Waals surface area contributed by atoms with Crippen LogP contribution in [-0.4, -0.2) is 12.1 Å². The number of hydrogen-bond acceptors (Lipinski definition) is 4. The molecule has 0 bridgehead atoms. The van der Waals surface area contributed by atoms with Gasteiger partial charge in [-0.05, 0) is 35.4 Å². The predicted octanol–water partition coefficient (Wildman–Crippen LogP) is 4.52. The fraction of sp³-hybridized carbons (Fsp3) is 0.190. The lowest BCUT2D eigenvalue weighted by Gasteiger charge is -2.16. The molecule has 1 heterocycles. The molecule has 0 saturated carbocycles. The summed E-state index contributed by atoms with van der Waals surface area (Å²) in [7, 11) is 1.62. The predicted molar refractivity (Wildman–Crippen MR) is 106 cm³/mol. The number of rotatable bonds is 8. The van der Waals surface area contributed by atoms with E-state index in [1.807, 2.05) is 36.5 Å². The molecule has 3 aromatic rings. The monoisotopic (exact) mass is 388 g/mol. The molecule has 0 aliphatic carbocycles. The quantitative estimate of drug-likeness (QED) is 0.616. The Morgan fingerprint density at radius 2 is 1.78 bits per heavy atom. The first-order valence-corrected chi connectivity index (χ1v) is 8.39. The average molecular weight is 389 g/mol. The molecule has 1 N–H and O–H groups in total. The van der Waals surface area contributed by atoms with Crippen LogP contribution in [0.1, 0.15) is 16.7 Å². The summed E-state index contributed by atoms with van der Waals surface area (Å²) in [5.74, 6) is 1.11. The van der Waals surface area contributed by atoms with Gasteiger partial charge in [0.05, 0.1) is 7.11 Å². The number of nitrogens with zero attached hydrogens (tertiary/aromatic N) is 1. The van der Waals surface area contributed by atoms with Gasteiger partial charge in [-0.3, -0.25) is 4.98 Å². The van der Waals surface area contributed by atoms with Crippen molar-refractivity contribution in [2.75, 3.05) is 7.11 Å². The highest BCUT2D eigenvalue weighted by Crippen LogP contribution is 2.31. The van der Waals surface area contributed by atoms with E-state index in [2.05, 4.69) is 10.3 Å². The second-order valence-corrected chi connectivity index (χ2v) is 5.83. The summed E-state index contributed by atoms with van der Waals surface area (Å²) in [5, 5.41) is 3.39. The average Bonchev–Trinajstić information content (AvgIpc) is 2.69. The number of methoxy groups -OCH3 is 1. The van der Waals surface area contributed by atoms with E-state index in [4.69, 9.17) is 9.47 Å². The van der Waals surface area contributed by atoms with Crippen LogP contribution in [0.2, 0.25) is 0 Å². The molecule has 1 aromatic heterocycles. The number of halogens is 2. The van der Waals surface area contributed by atoms with Crippen LogP contribution < -0.4 is 14.8 Å². The molecule has 0 unspecified atom stereocenters. The number of benzene rings is 2. The van der Waals surface area contributed by atoms with Crippen molar-refractivity contribution < 1.29 is 13.9 Å². The molecule has 3 rings (SSSR count). The van der Waals surface area contributed by atoms with E-state index in [-0.39, 0.29) is 18.2 Å². The van der Waals surface area contributed by atoms with Gasteiger partial charge in [0.15, 0.2) is 11.5 Å². The SMILES string of the molecule is COc1cccc(CNCc2cccnc2)c1OCc1ccc(F)cc1.Cl. The standard InChI is InChI=1S/C21H21FN2O2.ClH/c1-25-20-6-2-5-18(14-24-13-17-4-3-11-23-12-17)21(20)26-15-16-7-9-19(22)10-8-16;/h2-12,24H,13-15H2,1H3;1H. The Hall–Kier alpha value is -2.63. The Morgan fingerprint density at radius 1 is 0.963 bits per heavy atom. The first-order valence-electron chi connectivity index (χ1n) is 8.39. The number of hydrogen-bond donors (Lipinski definition) is 1. The second kappa shape index (κ2) is 10.5. The number of ether oxygens (including phenoxy) is 2. The summed E-state index contributed by atoms with van der Waals surface area (Å²) in [6, 6.07) is 16.0. The maximum absolute atomic E-state index is 13.0. The molecule has 2 aromatic carbocycles. The molecule has 6 heteroatoms. The fourth-order valence-corrected chi connectivity index (χ4v) is 2.61. The lowest BCUT2D eigenvalue weighted by atomic mass is 10.1. The molecular formula is C21H22ClFN2O2. The van der Waals surface area contributed by atoms with E-state index in [0.29, 0.717) is 31.2 Å². The molecule has 27 heavy (non-hydrogen) atoms. The Kier molecular flexibility index (Phi) is 8.04. The third-order valence-corrected chi connectivity index (χ3v) is 3.94. The van der Waals surface area contributed by atoms with Gasteiger partial charge in [-0.25, -0.2) is 4.39 Å². The van der Waals surface area contributed by atoms with Crippen molar-refractivity contribution in [2.24, 2.45) is 0 Å². The normalized spacial score (nSPS) is 10.1. The van der Waals surface area contributed by atoms with Crippen molar-refractivity contribution in [1.82, 2.24) is 10.3 Å². The lowest BCUT2D eigenvalue weighted by Crippen LogP contribution is -2.14. The van der Waals surface area contributed by atoms with Crippen LogP contribution in [0.15, 0.2) is 67.0 Å². The van der Waals surface area contributed by atoms with Crippen molar-refractivity contribution in [1.29, 1.82) is 0 Å². The van der Waals surface area contributed by atoms with Crippen molar-refractivity contribution in [2.45, 2.75) is 19.7 Å². The Morgan fingerprint density at radius 3 is 2.48 bits per heavy atom. The van der Waals surface area contributed by atoms with Crippen molar-refractivity contribution in [3.63, 3.8) is 0 Å². The number of nitrogens with one attached hydrogen (secondary N) is 1. The van der Waals surface area contributed by atoms with E-state index < -0.39 is 0 Å². The van der Waals surface area contributed by atoms with Crippen LogP contribution in [-0.2, 0) is 19.7 Å². The summed E-state index contributed by atoms with van der Waals surface area (Å²) in [4.78, 5) is 4.11. The zero-order valence-corrected chi connectivity index (χ0v) is 15.8. The van der Waals surface area contributed by atoms with Gasteiger partial charge in [-0.2, -0.15) is 0 Å². The topological polar surface area (TPSA) is 43.4 Å². The first-order chi connectivity index (χ1) is 12.8. The molecule has 0 radical (unpaired) electrons. The van der Waals surface area contributed by atoms with Crippen LogP contribution >= 0.6 is 12.4 Å². The molecule has 0 saturated heterocycles. The van der Waals surface area contributed by atoms with Gasteiger partial charge in [0.25, 0.3) is 0 Å². The van der Waals surface area contributed by atoms with Crippen molar-refractivity contribution in [3.8, 4) is 11.5 Å². The van der Waals surface area contributed by atoms with Crippen LogP contribution in [0.3, 0.4) is 0 Å². The summed E-state index contributed by atoms with van der Waals surface area (Å²) < 4.78 is 24.5. The minimum absolute atomic E-state index is 0. The minimum atomic E-state index is -0.258. The van der Waals surface area contributed by atoms with Crippen LogP contribution in [0.25, 0.3) is 0 Å². The van der Waals surface area contributed by atoms with E-state index in [0.717, 1.165) is 16.7 Å². The molecule has 0 spiro atoms. The Balaban J connectivity index is 0.00000261. The van der Waals surface area contributed by atoms with Crippen LogP contribution in [0.5, 0.6) is 11.5 Å². The summed E-state index contributed by atoms with van der Waals surface area (Å²) in [6.07, 6.45) is 3.59. The van der Waals surface area contributed by atoms with Crippen molar-refractivity contribution >= 4 is 12.4 Å². The molecule has 142 valence electrons. The van der Waals surface area contributed by atoms with E-state index >= 15 is 0 Å². The largest absolute Gasteiger partial charge is 0.493 e. The highest BCUT2D eigenvalue weighted by atomic mass is 35.5. The maximum atomic E-state index is 13.0. The molecule has 0 aliphatic rings. The van der Waals surface area contributed by atoms with Gasteiger partial charge in [-0.15, -0.1) is 12.4 Å². The zero-order chi connectivity index (χ0) is 18.2. The first kappa shape index (κ1) is 20.7. The highest BCUT2D eigenvalue weighted by molar-refractivity contribution is 5.85. The molecule has 0 atom stereocenters. The second-order valence-electron chi connectivity index (χ2n) is 5.83. The summed E-state index contributed by atoms with van der Waals surface area (Å²) >= 11 is 0. The number of pyridine rings is 1. The van der Waals surface area contributed by atoms with E-state index in [1.165, 1.54) is 12.1 Å². The Labute approximate surface area is 164 Å². The summed E-state index contributed by atoms with van der Waals surface area (Å²) in [6.45, 7) is 1.68. The molecule has 0 fully saturated rings. The summed E-state index contributed by atoms with van der Waals surface area (Å²) in [5.41, 5.74) is 3.01. The molecule has 0 aliphatic heterocycles. The molecule has 0 amide bonds.